The zero-order chi connectivity index (χ0) is 14.3. The van der Waals surface area contributed by atoms with E-state index in [0.29, 0.717) is 17.9 Å². The van der Waals surface area contributed by atoms with Crippen molar-refractivity contribution >= 4 is 0 Å². The molecule has 1 N–H and O–H groups in total. The molecule has 0 aliphatic heterocycles. The summed E-state index contributed by atoms with van der Waals surface area (Å²) in [6.45, 7) is 7.38. The van der Waals surface area contributed by atoms with Crippen molar-refractivity contribution in [2.75, 3.05) is 6.54 Å². The van der Waals surface area contributed by atoms with Crippen LogP contribution in [0, 0.1) is 17.6 Å². The Labute approximate surface area is 115 Å². The minimum Gasteiger partial charge on any atom is -0.314 e. The van der Waals surface area contributed by atoms with Crippen molar-refractivity contribution in [3.8, 4) is 0 Å². The van der Waals surface area contributed by atoms with Crippen LogP contribution in [0.1, 0.15) is 45.6 Å². The molecule has 1 aromatic carbocycles. The van der Waals surface area contributed by atoms with Crippen LogP contribution in [-0.2, 0) is 6.42 Å². The van der Waals surface area contributed by atoms with Gasteiger partial charge in [-0.05, 0) is 49.8 Å². The third kappa shape index (κ3) is 5.68. The predicted octanol–water partition coefficient (Wildman–Crippen LogP) is 4.31. The smallest absolute Gasteiger partial charge is 0.162 e. The van der Waals surface area contributed by atoms with Gasteiger partial charge in [0.1, 0.15) is 0 Å². The summed E-state index contributed by atoms with van der Waals surface area (Å²) in [4.78, 5) is 0. The summed E-state index contributed by atoms with van der Waals surface area (Å²) in [5.41, 5.74) is 0.470. The summed E-state index contributed by atoms with van der Waals surface area (Å²) in [5.74, 6) is -0.825. The first kappa shape index (κ1) is 16.1. The quantitative estimate of drug-likeness (QED) is 0.741. The zero-order valence-electron chi connectivity index (χ0n) is 12.2. The molecule has 0 aromatic heterocycles. The monoisotopic (exact) mass is 269 g/mol. The Balaban J connectivity index is 2.66. The third-order valence-corrected chi connectivity index (χ3v) is 3.27. The van der Waals surface area contributed by atoms with Gasteiger partial charge in [-0.15, -0.1) is 0 Å². The first-order valence-corrected chi connectivity index (χ1v) is 7.20. The number of hydrogen-bond donors (Lipinski definition) is 1. The molecule has 0 saturated heterocycles. The Morgan fingerprint density at radius 3 is 2.53 bits per heavy atom. The van der Waals surface area contributed by atoms with Crippen LogP contribution in [0.4, 0.5) is 8.78 Å². The molecule has 0 aliphatic rings. The van der Waals surface area contributed by atoms with Crippen molar-refractivity contribution < 1.29 is 8.78 Å². The van der Waals surface area contributed by atoms with E-state index in [0.717, 1.165) is 25.8 Å². The molecule has 1 atom stereocenters. The summed E-state index contributed by atoms with van der Waals surface area (Å²) >= 11 is 0. The van der Waals surface area contributed by atoms with Gasteiger partial charge in [-0.1, -0.05) is 32.9 Å². The van der Waals surface area contributed by atoms with E-state index >= 15 is 0 Å². The Bertz CT molecular complexity index is 377. The molecule has 0 radical (unpaired) electrons. The summed E-state index contributed by atoms with van der Waals surface area (Å²) < 4.78 is 26.9. The lowest BCUT2D eigenvalue weighted by Crippen LogP contribution is -2.32. The first-order valence-electron chi connectivity index (χ1n) is 7.20. The molecule has 3 heteroatoms. The van der Waals surface area contributed by atoms with Crippen LogP contribution in [0.3, 0.4) is 0 Å². The van der Waals surface area contributed by atoms with Gasteiger partial charge in [-0.2, -0.15) is 0 Å². The van der Waals surface area contributed by atoms with Gasteiger partial charge < -0.3 is 5.32 Å². The van der Waals surface area contributed by atoms with Crippen LogP contribution < -0.4 is 5.32 Å². The maximum absolute atomic E-state index is 13.7. The number of rotatable bonds is 8. The molecule has 108 valence electrons. The predicted molar refractivity (Wildman–Crippen MR) is 76.2 cm³/mol. The second-order valence-corrected chi connectivity index (χ2v) is 5.54. The van der Waals surface area contributed by atoms with Crippen LogP contribution >= 0.6 is 0 Å². The minimum absolute atomic E-state index is 0.221. The van der Waals surface area contributed by atoms with Crippen LogP contribution in [-0.4, -0.2) is 12.6 Å². The second-order valence-electron chi connectivity index (χ2n) is 5.54. The SMILES string of the molecule is CCCNC(CCC(C)C)Cc1cccc(F)c1F. The molecule has 1 nitrogen and oxygen atoms in total. The van der Waals surface area contributed by atoms with Crippen LogP contribution in [0.5, 0.6) is 0 Å². The lowest BCUT2D eigenvalue weighted by atomic mass is 9.97. The lowest BCUT2D eigenvalue weighted by molar-refractivity contribution is 0.417. The van der Waals surface area contributed by atoms with E-state index < -0.39 is 11.6 Å². The van der Waals surface area contributed by atoms with Gasteiger partial charge >= 0.3 is 0 Å². The van der Waals surface area contributed by atoms with Gasteiger partial charge in [0.15, 0.2) is 11.6 Å². The summed E-state index contributed by atoms with van der Waals surface area (Å²) in [6, 6.07) is 4.64. The van der Waals surface area contributed by atoms with Crippen molar-refractivity contribution in [2.24, 2.45) is 5.92 Å². The van der Waals surface area contributed by atoms with Gasteiger partial charge in [0.2, 0.25) is 0 Å². The minimum atomic E-state index is -0.754. The van der Waals surface area contributed by atoms with Gasteiger partial charge in [0.25, 0.3) is 0 Å². The van der Waals surface area contributed by atoms with Crippen molar-refractivity contribution in [1.29, 1.82) is 0 Å². The summed E-state index contributed by atoms with van der Waals surface area (Å²) in [6.07, 6.45) is 3.69. The molecule has 0 aliphatic carbocycles. The van der Waals surface area contributed by atoms with Gasteiger partial charge in [-0.3, -0.25) is 0 Å². The first-order chi connectivity index (χ1) is 9.04. The number of nitrogens with one attached hydrogen (secondary N) is 1. The van der Waals surface area contributed by atoms with Crippen LogP contribution in [0.25, 0.3) is 0 Å². The molecule has 1 rings (SSSR count). The third-order valence-electron chi connectivity index (χ3n) is 3.27. The highest BCUT2D eigenvalue weighted by molar-refractivity contribution is 5.20. The maximum Gasteiger partial charge on any atom is 0.162 e. The van der Waals surface area contributed by atoms with Gasteiger partial charge in [-0.25, -0.2) is 8.78 Å². The Hall–Kier alpha value is -0.960. The lowest BCUT2D eigenvalue weighted by Gasteiger charge is -2.20. The Morgan fingerprint density at radius 2 is 1.89 bits per heavy atom. The molecule has 1 unspecified atom stereocenters. The standard InChI is InChI=1S/C16H25F2N/c1-4-10-19-14(9-8-12(2)3)11-13-6-5-7-15(17)16(13)18/h5-7,12,14,19H,4,8-11H2,1-3H3. The molecule has 0 saturated carbocycles. The van der Waals surface area contributed by atoms with E-state index in [-0.39, 0.29) is 6.04 Å². The fourth-order valence-corrected chi connectivity index (χ4v) is 2.13. The van der Waals surface area contributed by atoms with E-state index in [2.05, 4.69) is 26.1 Å². The van der Waals surface area contributed by atoms with Gasteiger partial charge in [0, 0.05) is 6.04 Å². The molecule has 0 heterocycles. The molecular formula is C16H25F2N. The van der Waals surface area contributed by atoms with Crippen LogP contribution in [0.15, 0.2) is 18.2 Å². The van der Waals surface area contributed by atoms with Crippen LogP contribution in [0.2, 0.25) is 0 Å². The highest BCUT2D eigenvalue weighted by Gasteiger charge is 2.14. The summed E-state index contributed by atoms with van der Waals surface area (Å²) in [5, 5.41) is 3.43. The Morgan fingerprint density at radius 1 is 1.16 bits per heavy atom. The second kappa shape index (κ2) is 8.26. The number of hydrogen-bond acceptors (Lipinski definition) is 1. The average molecular weight is 269 g/mol. The van der Waals surface area contributed by atoms with Gasteiger partial charge in [0.05, 0.1) is 0 Å². The summed E-state index contributed by atoms with van der Waals surface area (Å²) in [7, 11) is 0. The Kier molecular flexibility index (Phi) is 7.00. The number of halogens is 2. The number of benzene rings is 1. The molecular weight excluding hydrogens is 244 g/mol. The maximum atomic E-state index is 13.7. The molecule has 0 amide bonds. The molecule has 0 spiro atoms. The highest BCUT2D eigenvalue weighted by atomic mass is 19.2. The molecule has 1 aromatic rings. The normalized spacial score (nSPS) is 12.9. The van der Waals surface area contributed by atoms with Crippen molar-refractivity contribution in [3.63, 3.8) is 0 Å². The van der Waals surface area contributed by atoms with E-state index in [1.165, 1.54) is 6.07 Å². The van der Waals surface area contributed by atoms with E-state index in [9.17, 15) is 8.78 Å². The van der Waals surface area contributed by atoms with Crippen molar-refractivity contribution in [3.05, 3.63) is 35.4 Å². The fourth-order valence-electron chi connectivity index (χ4n) is 2.13. The largest absolute Gasteiger partial charge is 0.314 e. The molecule has 0 fully saturated rings. The highest BCUT2D eigenvalue weighted by Crippen LogP contribution is 2.16. The van der Waals surface area contributed by atoms with E-state index in [1.54, 1.807) is 12.1 Å². The molecule has 0 bridgehead atoms. The van der Waals surface area contributed by atoms with Crippen molar-refractivity contribution in [2.45, 2.75) is 52.5 Å². The zero-order valence-corrected chi connectivity index (χ0v) is 12.2. The van der Waals surface area contributed by atoms with E-state index in [1.807, 2.05) is 0 Å². The molecule has 19 heavy (non-hydrogen) atoms. The average Bonchev–Trinajstić information content (AvgIpc) is 2.37. The fraction of sp³-hybridized carbons (Fsp3) is 0.625. The topological polar surface area (TPSA) is 12.0 Å². The van der Waals surface area contributed by atoms with E-state index in [4.69, 9.17) is 0 Å². The van der Waals surface area contributed by atoms with Crippen molar-refractivity contribution in [1.82, 2.24) is 5.32 Å².